The van der Waals surface area contributed by atoms with E-state index in [0.29, 0.717) is 0 Å². The number of para-hydroxylation sites is 1. The van der Waals surface area contributed by atoms with Crippen LogP contribution < -0.4 is 5.32 Å². The number of rotatable bonds is 5. The summed E-state index contributed by atoms with van der Waals surface area (Å²) in [5, 5.41) is 4.91. The van der Waals surface area contributed by atoms with Gasteiger partial charge in [-0.2, -0.15) is 0 Å². The highest BCUT2D eigenvalue weighted by molar-refractivity contribution is 5.83. The molecule has 2 nitrogen and oxygen atoms in total. The van der Waals surface area contributed by atoms with Crippen molar-refractivity contribution in [1.29, 1.82) is 0 Å². The minimum absolute atomic E-state index is 0.924. The van der Waals surface area contributed by atoms with Crippen LogP contribution >= 0.6 is 0 Å². The molecule has 108 valence electrons. The van der Waals surface area contributed by atoms with Crippen LogP contribution in [0.4, 0.5) is 0 Å². The molecule has 0 aliphatic rings. The van der Waals surface area contributed by atoms with E-state index in [1.54, 1.807) is 0 Å². The van der Waals surface area contributed by atoms with Crippen LogP contribution in [0.25, 0.3) is 10.9 Å². The van der Waals surface area contributed by atoms with Crippen molar-refractivity contribution in [2.45, 2.75) is 19.9 Å². The van der Waals surface area contributed by atoms with Crippen molar-refractivity contribution in [1.82, 2.24) is 9.88 Å². The zero-order valence-corrected chi connectivity index (χ0v) is 12.8. The third-order valence-electron chi connectivity index (χ3n) is 3.97. The summed E-state index contributed by atoms with van der Waals surface area (Å²) in [5.41, 5.74) is 5.41. The van der Waals surface area contributed by atoms with Crippen molar-refractivity contribution in [3.05, 3.63) is 71.4 Å². The first kappa shape index (κ1) is 13.9. The van der Waals surface area contributed by atoms with Crippen molar-refractivity contribution in [2.24, 2.45) is 7.05 Å². The molecule has 0 saturated heterocycles. The second kappa shape index (κ2) is 6.15. The SMILES string of the molecule is Cc1cccc(CCNCc2cn(C)c3ccccc23)c1. The summed E-state index contributed by atoms with van der Waals surface area (Å²) >= 11 is 0. The summed E-state index contributed by atoms with van der Waals surface area (Å²) in [6.45, 7) is 4.08. The fourth-order valence-electron chi connectivity index (χ4n) is 2.89. The van der Waals surface area contributed by atoms with Crippen LogP contribution in [-0.2, 0) is 20.0 Å². The van der Waals surface area contributed by atoms with Gasteiger partial charge in [0, 0.05) is 30.7 Å². The summed E-state index contributed by atoms with van der Waals surface area (Å²) in [4.78, 5) is 0. The smallest absolute Gasteiger partial charge is 0.0481 e. The molecule has 0 amide bonds. The van der Waals surface area contributed by atoms with E-state index in [-0.39, 0.29) is 0 Å². The Bertz CT molecular complexity index is 740. The van der Waals surface area contributed by atoms with Crippen molar-refractivity contribution >= 4 is 10.9 Å². The molecule has 21 heavy (non-hydrogen) atoms. The molecule has 1 aromatic heterocycles. The van der Waals surface area contributed by atoms with E-state index in [2.05, 4.69) is 78.6 Å². The topological polar surface area (TPSA) is 17.0 Å². The molecular formula is C19H22N2. The van der Waals surface area contributed by atoms with Crippen LogP contribution in [0.15, 0.2) is 54.7 Å². The van der Waals surface area contributed by atoms with Gasteiger partial charge in [0.2, 0.25) is 0 Å². The highest BCUT2D eigenvalue weighted by atomic mass is 14.9. The Hall–Kier alpha value is -2.06. The van der Waals surface area contributed by atoms with Gasteiger partial charge in [-0.3, -0.25) is 0 Å². The molecule has 1 N–H and O–H groups in total. The third kappa shape index (κ3) is 3.17. The Morgan fingerprint density at radius 1 is 1.05 bits per heavy atom. The zero-order chi connectivity index (χ0) is 14.7. The van der Waals surface area contributed by atoms with Crippen molar-refractivity contribution < 1.29 is 0 Å². The summed E-state index contributed by atoms with van der Waals surface area (Å²) in [7, 11) is 2.11. The standard InChI is InChI=1S/C19H22N2/c1-15-6-5-7-16(12-15)10-11-20-13-17-14-21(2)19-9-4-3-8-18(17)19/h3-9,12,14,20H,10-11,13H2,1-2H3. The fraction of sp³-hybridized carbons (Fsp3) is 0.263. The first-order valence-corrected chi connectivity index (χ1v) is 7.53. The van der Waals surface area contributed by atoms with Crippen LogP contribution in [-0.4, -0.2) is 11.1 Å². The van der Waals surface area contributed by atoms with Crippen LogP contribution in [0.1, 0.15) is 16.7 Å². The molecule has 0 spiro atoms. The van der Waals surface area contributed by atoms with Gasteiger partial charge < -0.3 is 9.88 Å². The number of hydrogen-bond donors (Lipinski definition) is 1. The monoisotopic (exact) mass is 278 g/mol. The maximum Gasteiger partial charge on any atom is 0.0481 e. The summed E-state index contributed by atoms with van der Waals surface area (Å²) in [6, 6.07) is 17.3. The fourth-order valence-corrected chi connectivity index (χ4v) is 2.89. The van der Waals surface area contributed by atoms with Gasteiger partial charge in [-0.15, -0.1) is 0 Å². The van der Waals surface area contributed by atoms with Gasteiger partial charge in [0.05, 0.1) is 0 Å². The van der Waals surface area contributed by atoms with Crippen LogP contribution in [0.3, 0.4) is 0 Å². The van der Waals surface area contributed by atoms with Crippen LogP contribution in [0, 0.1) is 6.92 Å². The van der Waals surface area contributed by atoms with Gasteiger partial charge >= 0.3 is 0 Å². The third-order valence-corrected chi connectivity index (χ3v) is 3.97. The van der Waals surface area contributed by atoms with Crippen molar-refractivity contribution in [2.75, 3.05) is 6.54 Å². The molecule has 0 aliphatic carbocycles. The lowest BCUT2D eigenvalue weighted by molar-refractivity contribution is 0.688. The molecule has 3 rings (SSSR count). The van der Waals surface area contributed by atoms with E-state index in [1.165, 1.54) is 27.6 Å². The number of hydrogen-bond acceptors (Lipinski definition) is 1. The summed E-state index contributed by atoms with van der Waals surface area (Å²) < 4.78 is 2.20. The molecule has 0 bridgehead atoms. The second-order valence-electron chi connectivity index (χ2n) is 5.70. The molecule has 1 heterocycles. The van der Waals surface area contributed by atoms with E-state index in [0.717, 1.165) is 19.5 Å². The number of fused-ring (bicyclic) bond motifs is 1. The van der Waals surface area contributed by atoms with E-state index < -0.39 is 0 Å². The highest BCUT2D eigenvalue weighted by Crippen LogP contribution is 2.19. The van der Waals surface area contributed by atoms with Crippen LogP contribution in [0.5, 0.6) is 0 Å². The molecule has 0 unspecified atom stereocenters. The average molecular weight is 278 g/mol. The van der Waals surface area contributed by atoms with Crippen LogP contribution in [0.2, 0.25) is 0 Å². The molecule has 0 fully saturated rings. The molecule has 0 atom stereocenters. The van der Waals surface area contributed by atoms with E-state index in [9.17, 15) is 0 Å². The minimum atomic E-state index is 0.924. The molecule has 0 saturated carbocycles. The van der Waals surface area contributed by atoms with E-state index in [4.69, 9.17) is 0 Å². The molecular weight excluding hydrogens is 256 g/mol. The lowest BCUT2D eigenvalue weighted by Gasteiger charge is -2.05. The van der Waals surface area contributed by atoms with Gasteiger partial charge in [-0.05, 0) is 37.1 Å². The van der Waals surface area contributed by atoms with Gasteiger partial charge in [-0.25, -0.2) is 0 Å². The van der Waals surface area contributed by atoms with Crippen molar-refractivity contribution in [3.8, 4) is 0 Å². The van der Waals surface area contributed by atoms with Gasteiger partial charge in [0.15, 0.2) is 0 Å². The second-order valence-corrected chi connectivity index (χ2v) is 5.70. The predicted octanol–water partition coefficient (Wildman–Crippen LogP) is 3.82. The Kier molecular flexibility index (Phi) is 4.07. The maximum atomic E-state index is 3.56. The number of aryl methyl sites for hydroxylation is 2. The van der Waals surface area contributed by atoms with Crippen molar-refractivity contribution in [3.63, 3.8) is 0 Å². The number of benzene rings is 2. The number of aromatic nitrogens is 1. The first-order chi connectivity index (χ1) is 10.2. The van der Waals surface area contributed by atoms with E-state index >= 15 is 0 Å². The molecule has 2 heteroatoms. The Morgan fingerprint density at radius 3 is 2.76 bits per heavy atom. The quantitative estimate of drug-likeness (QED) is 0.702. The maximum absolute atomic E-state index is 3.56. The molecule has 0 aliphatic heterocycles. The minimum Gasteiger partial charge on any atom is -0.350 e. The zero-order valence-electron chi connectivity index (χ0n) is 12.8. The largest absolute Gasteiger partial charge is 0.350 e. The van der Waals surface area contributed by atoms with Gasteiger partial charge in [0.25, 0.3) is 0 Å². The lowest BCUT2D eigenvalue weighted by atomic mass is 10.1. The molecule has 3 aromatic rings. The van der Waals surface area contributed by atoms with E-state index in [1.807, 2.05) is 0 Å². The molecule has 0 radical (unpaired) electrons. The number of nitrogens with one attached hydrogen (secondary N) is 1. The highest BCUT2D eigenvalue weighted by Gasteiger charge is 2.04. The summed E-state index contributed by atoms with van der Waals surface area (Å²) in [5.74, 6) is 0. The Labute approximate surface area is 126 Å². The first-order valence-electron chi connectivity index (χ1n) is 7.53. The van der Waals surface area contributed by atoms with Gasteiger partial charge in [-0.1, -0.05) is 48.0 Å². The Balaban J connectivity index is 1.60. The molecule has 2 aromatic carbocycles. The summed E-state index contributed by atoms with van der Waals surface area (Å²) in [6.07, 6.45) is 3.30. The lowest BCUT2D eigenvalue weighted by Crippen LogP contribution is -2.16. The Morgan fingerprint density at radius 2 is 1.90 bits per heavy atom. The normalized spacial score (nSPS) is 11.1. The average Bonchev–Trinajstić information content (AvgIpc) is 2.81. The van der Waals surface area contributed by atoms with Gasteiger partial charge in [0.1, 0.15) is 0 Å². The predicted molar refractivity (Wildman–Crippen MR) is 89.5 cm³/mol. The number of nitrogens with zero attached hydrogens (tertiary/aromatic N) is 1.